The molecule has 0 radical (unpaired) electrons. The van der Waals surface area contributed by atoms with Crippen LogP contribution in [0.5, 0.6) is 0 Å². The van der Waals surface area contributed by atoms with Crippen molar-refractivity contribution in [3.8, 4) is 0 Å². The molecule has 212 valence electrons. The molecule has 0 aromatic heterocycles. The first-order valence-corrected chi connectivity index (χ1v) is 13.5. The van der Waals surface area contributed by atoms with E-state index in [1.54, 1.807) is 0 Å². The molecule has 0 aliphatic heterocycles. The van der Waals surface area contributed by atoms with E-state index < -0.39 is 23.3 Å². The predicted octanol–water partition coefficient (Wildman–Crippen LogP) is 3.04. The SMILES string of the molecule is CCCCCCCC(=O)CC[C@@H]1[C@@H](C/C=C\CCCC(=O)NCC(=O)OCCO[N+](=O)[O-])[C@@H](O)C[C@H]1O. The van der Waals surface area contributed by atoms with Crippen molar-refractivity contribution in [2.24, 2.45) is 11.8 Å². The third-order valence-electron chi connectivity index (χ3n) is 6.66. The molecular weight excluding hydrogens is 484 g/mol. The van der Waals surface area contributed by atoms with E-state index in [1.807, 2.05) is 12.2 Å². The number of Topliss-reactive ketones (excluding diaryl/α,β-unsaturated/α-hetero) is 1. The van der Waals surface area contributed by atoms with Gasteiger partial charge in [0.05, 0.1) is 12.2 Å². The summed E-state index contributed by atoms with van der Waals surface area (Å²) in [5.74, 6) is -0.971. The van der Waals surface area contributed by atoms with E-state index in [0.717, 1.165) is 19.3 Å². The van der Waals surface area contributed by atoms with Crippen molar-refractivity contribution in [3.05, 3.63) is 22.3 Å². The van der Waals surface area contributed by atoms with Gasteiger partial charge in [0.15, 0.2) is 0 Å². The smallest absolute Gasteiger partial charge is 0.325 e. The fourth-order valence-corrected chi connectivity index (χ4v) is 4.61. The lowest BCUT2D eigenvalue weighted by molar-refractivity contribution is -0.757. The largest absolute Gasteiger partial charge is 0.462 e. The van der Waals surface area contributed by atoms with Crippen molar-refractivity contribution >= 4 is 17.7 Å². The lowest BCUT2D eigenvalue weighted by Crippen LogP contribution is -2.31. The lowest BCUT2D eigenvalue weighted by Gasteiger charge is -2.22. The van der Waals surface area contributed by atoms with Gasteiger partial charge in [-0.1, -0.05) is 44.8 Å². The zero-order chi connectivity index (χ0) is 27.5. The van der Waals surface area contributed by atoms with Gasteiger partial charge < -0.3 is 25.1 Å². The van der Waals surface area contributed by atoms with Crippen molar-refractivity contribution in [1.82, 2.24) is 5.32 Å². The Morgan fingerprint density at radius 3 is 2.43 bits per heavy atom. The van der Waals surface area contributed by atoms with Crippen molar-refractivity contribution < 1.29 is 39.3 Å². The molecule has 0 aromatic rings. The third kappa shape index (κ3) is 15.3. The van der Waals surface area contributed by atoms with E-state index in [0.29, 0.717) is 44.9 Å². The molecule has 4 atom stereocenters. The van der Waals surface area contributed by atoms with Crippen LogP contribution < -0.4 is 5.32 Å². The number of ether oxygens (including phenoxy) is 1. The van der Waals surface area contributed by atoms with E-state index in [9.17, 15) is 34.7 Å². The summed E-state index contributed by atoms with van der Waals surface area (Å²) in [4.78, 5) is 49.5. The van der Waals surface area contributed by atoms with Crippen molar-refractivity contribution in [2.45, 2.75) is 103 Å². The van der Waals surface area contributed by atoms with Crippen LogP contribution in [-0.4, -0.2) is 64.9 Å². The number of carbonyl (C=O) groups is 3. The molecule has 0 heterocycles. The van der Waals surface area contributed by atoms with Crippen LogP contribution in [0.15, 0.2) is 12.2 Å². The minimum atomic E-state index is -0.984. The second kappa shape index (κ2) is 19.6. The van der Waals surface area contributed by atoms with Crippen LogP contribution in [0.3, 0.4) is 0 Å². The zero-order valence-electron chi connectivity index (χ0n) is 22.0. The number of unbranched alkanes of at least 4 members (excludes halogenated alkanes) is 5. The van der Waals surface area contributed by atoms with Crippen molar-refractivity contribution in [3.63, 3.8) is 0 Å². The van der Waals surface area contributed by atoms with E-state index in [2.05, 4.69) is 21.8 Å². The van der Waals surface area contributed by atoms with Crippen molar-refractivity contribution in [1.29, 1.82) is 0 Å². The topological polar surface area (TPSA) is 165 Å². The molecule has 0 unspecified atom stereocenters. The van der Waals surface area contributed by atoms with Crippen molar-refractivity contribution in [2.75, 3.05) is 19.8 Å². The number of hydrogen-bond donors (Lipinski definition) is 3. The van der Waals surface area contributed by atoms with Crippen LogP contribution in [0.2, 0.25) is 0 Å². The Bertz CT molecular complexity index is 729. The molecule has 1 aliphatic carbocycles. The maximum atomic E-state index is 12.2. The highest BCUT2D eigenvalue weighted by atomic mass is 17.0. The van der Waals surface area contributed by atoms with E-state index in [4.69, 9.17) is 0 Å². The van der Waals surface area contributed by atoms with Crippen LogP contribution in [0.4, 0.5) is 0 Å². The Hall–Kier alpha value is -2.53. The van der Waals surface area contributed by atoms with Crippen LogP contribution in [0, 0.1) is 22.0 Å². The quantitative estimate of drug-likeness (QED) is 0.0667. The Kier molecular flexibility index (Phi) is 17.2. The molecular formula is C26H44N2O9. The van der Waals surface area contributed by atoms with Gasteiger partial charge in [-0.3, -0.25) is 14.4 Å². The van der Waals surface area contributed by atoms with Gasteiger partial charge in [-0.15, -0.1) is 10.1 Å². The number of aliphatic hydroxyl groups excluding tert-OH is 2. The first-order valence-electron chi connectivity index (χ1n) is 13.5. The average Bonchev–Trinajstić information content (AvgIpc) is 3.12. The molecule has 1 saturated carbocycles. The minimum absolute atomic E-state index is 0.0892. The summed E-state index contributed by atoms with van der Waals surface area (Å²) in [5, 5.41) is 32.2. The van der Waals surface area contributed by atoms with Crippen LogP contribution >= 0.6 is 0 Å². The van der Waals surface area contributed by atoms with Gasteiger partial charge in [-0.25, -0.2) is 0 Å². The number of carbonyl (C=O) groups excluding carboxylic acids is 3. The molecule has 1 rings (SSSR count). The zero-order valence-corrected chi connectivity index (χ0v) is 22.0. The molecule has 0 bridgehead atoms. The molecule has 11 nitrogen and oxygen atoms in total. The van der Waals surface area contributed by atoms with Crippen LogP contribution in [0.1, 0.15) is 90.4 Å². The van der Waals surface area contributed by atoms with Crippen LogP contribution in [-0.2, 0) is 24.0 Å². The van der Waals surface area contributed by atoms with Gasteiger partial charge >= 0.3 is 5.97 Å². The Morgan fingerprint density at radius 1 is 0.973 bits per heavy atom. The monoisotopic (exact) mass is 528 g/mol. The van der Waals surface area contributed by atoms with Gasteiger partial charge in [0.25, 0.3) is 5.09 Å². The summed E-state index contributed by atoms with van der Waals surface area (Å²) in [5.41, 5.74) is 0. The van der Waals surface area contributed by atoms with Gasteiger partial charge in [-0.2, -0.15) is 0 Å². The summed E-state index contributed by atoms with van der Waals surface area (Å²) in [6.45, 7) is 1.20. The maximum Gasteiger partial charge on any atom is 0.325 e. The normalized spacial score (nSPS) is 21.2. The summed E-state index contributed by atoms with van der Waals surface area (Å²) >= 11 is 0. The fourth-order valence-electron chi connectivity index (χ4n) is 4.61. The number of allylic oxidation sites excluding steroid dienone is 2. The fraction of sp³-hybridized carbons (Fsp3) is 0.808. The first kappa shape index (κ1) is 32.5. The van der Waals surface area contributed by atoms with Gasteiger partial charge in [-0.05, 0) is 50.4 Å². The highest BCUT2D eigenvalue weighted by Crippen LogP contribution is 2.38. The van der Waals surface area contributed by atoms with Gasteiger partial charge in [0.1, 0.15) is 25.5 Å². The number of nitrogens with one attached hydrogen (secondary N) is 1. The summed E-state index contributed by atoms with van der Waals surface area (Å²) in [6.07, 6.45) is 12.2. The second-order valence-electron chi connectivity index (χ2n) is 9.59. The Balaban J connectivity index is 2.22. The third-order valence-corrected chi connectivity index (χ3v) is 6.66. The number of hydrogen-bond acceptors (Lipinski definition) is 9. The number of amides is 1. The number of ketones is 1. The Labute approximate surface area is 219 Å². The Morgan fingerprint density at radius 2 is 1.70 bits per heavy atom. The molecule has 0 saturated heterocycles. The van der Waals surface area contributed by atoms with Gasteiger partial charge in [0.2, 0.25) is 5.91 Å². The minimum Gasteiger partial charge on any atom is -0.462 e. The summed E-state index contributed by atoms with van der Waals surface area (Å²) in [6, 6.07) is 0. The lowest BCUT2D eigenvalue weighted by atomic mass is 9.86. The number of rotatable bonds is 21. The molecule has 0 spiro atoms. The summed E-state index contributed by atoms with van der Waals surface area (Å²) < 4.78 is 4.68. The van der Waals surface area contributed by atoms with Gasteiger partial charge in [0, 0.05) is 19.3 Å². The van der Waals surface area contributed by atoms with E-state index in [1.165, 1.54) is 12.8 Å². The standard InChI is InChI=1S/C26H44N2O9/c1-2-3-4-5-8-11-20(29)14-15-22-21(23(30)18-24(22)31)12-9-6-7-10-13-25(32)27-19-26(33)36-16-17-37-28(34)35/h6,9,21-24,30-31H,2-5,7-8,10-19H2,1H3,(H,27,32)/b9-6-/t21-,22-,23+,24-/m1/s1. The molecule has 37 heavy (non-hydrogen) atoms. The number of aliphatic hydroxyl groups is 2. The highest BCUT2D eigenvalue weighted by Gasteiger charge is 2.40. The predicted molar refractivity (Wildman–Crippen MR) is 136 cm³/mol. The second-order valence-corrected chi connectivity index (χ2v) is 9.59. The summed E-state index contributed by atoms with van der Waals surface area (Å²) in [7, 11) is 0. The molecule has 1 fully saturated rings. The highest BCUT2D eigenvalue weighted by molar-refractivity contribution is 5.81. The van der Waals surface area contributed by atoms with E-state index in [-0.39, 0.29) is 49.7 Å². The molecule has 1 amide bonds. The number of esters is 1. The maximum absolute atomic E-state index is 12.2. The molecule has 3 N–H and O–H groups in total. The van der Waals surface area contributed by atoms with Crippen LogP contribution in [0.25, 0.3) is 0 Å². The number of nitrogens with zero attached hydrogens (tertiary/aromatic N) is 1. The first-order chi connectivity index (χ1) is 17.7. The molecule has 0 aromatic carbocycles. The average molecular weight is 529 g/mol. The molecule has 1 aliphatic rings. The van der Waals surface area contributed by atoms with E-state index >= 15 is 0 Å². The molecule has 11 heteroatoms.